The molecule has 0 fully saturated rings. The third-order valence-electron chi connectivity index (χ3n) is 20.6. The molecule has 2 heterocycles. The van der Waals surface area contributed by atoms with E-state index >= 15 is 0 Å². The summed E-state index contributed by atoms with van der Waals surface area (Å²) in [5.41, 5.74) is 36.4. The van der Waals surface area contributed by atoms with E-state index in [0.29, 0.717) is 0 Å². The second-order valence-electron chi connectivity index (χ2n) is 26.4. The fourth-order valence-corrected chi connectivity index (χ4v) is 15.4. The molecule has 2 nitrogen and oxygen atoms in total. The zero-order valence-corrected chi connectivity index (χ0v) is 54.4. The largest absolute Gasteiger partial charge is 0.309 e. The molecule has 0 saturated carbocycles. The predicted octanol–water partition coefficient (Wildman–Crippen LogP) is 26.1. The van der Waals surface area contributed by atoms with E-state index in [1.165, 1.54) is 177 Å². The first-order valence-electron chi connectivity index (χ1n) is 34.3. The van der Waals surface area contributed by atoms with E-state index < -0.39 is 0 Å². The number of aromatic nitrogens is 2. The highest BCUT2D eigenvalue weighted by atomic mass is 15.0. The molecular formula is C97H64N2. The Morgan fingerprint density at radius 1 is 0.152 bits per heavy atom. The molecule has 1 aliphatic rings. The third-order valence-corrected chi connectivity index (χ3v) is 20.6. The molecule has 462 valence electrons. The molecule has 2 aromatic heterocycles. The van der Waals surface area contributed by atoms with Crippen LogP contribution in [0.4, 0.5) is 0 Å². The molecular weight excluding hydrogens is 1190 g/mol. The Kier molecular flexibility index (Phi) is 14.0. The van der Waals surface area contributed by atoms with Crippen LogP contribution in [0, 0.1) is 0 Å². The van der Waals surface area contributed by atoms with E-state index in [4.69, 9.17) is 0 Å². The lowest BCUT2D eigenvalue weighted by atomic mass is 9.96. The van der Waals surface area contributed by atoms with E-state index in [2.05, 4.69) is 385 Å². The molecule has 0 atom stereocenters. The zero-order valence-electron chi connectivity index (χ0n) is 54.4. The van der Waals surface area contributed by atoms with Crippen molar-refractivity contribution in [1.29, 1.82) is 0 Å². The Labute approximate surface area is 576 Å². The Bertz CT molecular complexity index is 5410. The standard InChI is InChI=1S/C97H64N2/c1-5-13-64(14-6-1)68-21-29-72(30-22-68)80-45-53-94-90(60-80)91-61-81(73-31-23-69(24-32-73)65-15-7-2-8-16-65)46-54-95(91)98(94)86-49-41-76(42-50-86)78-37-39-84-57-85-40-38-79(59-89(85)88(84)58-78)77-43-51-87(52-44-77)99-96-55-47-82(74-33-25-70(26-34-74)66-17-9-3-10-18-66)62-92(96)93-63-83(48-56-97(93)99)75-35-27-71(28-36-75)67-19-11-4-12-20-67/h1-56,58-63H,57H2. The van der Waals surface area contributed by atoms with Crippen LogP contribution in [0.3, 0.4) is 0 Å². The predicted molar refractivity (Wildman–Crippen MR) is 418 cm³/mol. The fourth-order valence-electron chi connectivity index (χ4n) is 15.4. The van der Waals surface area contributed by atoms with Crippen LogP contribution in [0.5, 0.6) is 0 Å². The quantitative estimate of drug-likeness (QED) is 0.115. The maximum atomic E-state index is 2.44. The SMILES string of the molecule is c1ccc(-c2ccc(-c3ccc4c(c3)c3cc(-c5ccc(-c6ccccc6)cc5)ccc3n4-c3ccc(-c4ccc5c(c4)-c4cc(-c6ccc(-n7c8ccc(-c9ccc(-c%10ccccc%10)cc9)cc8c8cc(-c9ccc(-c%10ccccc%10)cc9)ccc87)cc6)ccc4C5)cc3)cc2)cc1. The molecule has 0 radical (unpaired) electrons. The number of fused-ring (bicyclic) bond motifs is 9. The van der Waals surface area contributed by atoms with Crippen molar-refractivity contribution >= 4 is 43.6 Å². The molecule has 0 spiro atoms. The lowest BCUT2D eigenvalue weighted by molar-refractivity contribution is 1.18. The molecule has 0 amide bonds. The molecule has 0 N–H and O–H groups in total. The van der Waals surface area contributed by atoms with Crippen LogP contribution >= 0.6 is 0 Å². The van der Waals surface area contributed by atoms with Gasteiger partial charge in [-0.3, -0.25) is 0 Å². The summed E-state index contributed by atoms with van der Waals surface area (Å²) < 4.78 is 4.89. The maximum absolute atomic E-state index is 2.44. The molecule has 99 heavy (non-hydrogen) atoms. The summed E-state index contributed by atoms with van der Waals surface area (Å²) in [5.74, 6) is 0. The average Bonchev–Trinajstić information content (AvgIpc) is 1.52. The fraction of sp³-hybridized carbons (Fsp3) is 0.0103. The summed E-state index contributed by atoms with van der Waals surface area (Å²) in [4.78, 5) is 0. The van der Waals surface area contributed by atoms with Gasteiger partial charge >= 0.3 is 0 Å². The molecule has 16 aromatic carbocycles. The summed E-state index contributed by atoms with van der Waals surface area (Å²) in [5, 5.41) is 4.91. The first-order chi connectivity index (χ1) is 49.0. The highest BCUT2D eigenvalue weighted by Gasteiger charge is 2.22. The molecule has 0 saturated heterocycles. The summed E-state index contributed by atoms with van der Waals surface area (Å²) in [6.45, 7) is 0. The van der Waals surface area contributed by atoms with Gasteiger partial charge in [-0.1, -0.05) is 291 Å². The average molecular weight is 1260 g/mol. The maximum Gasteiger partial charge on any atom is 0.0541 e. The third kappa shape index (κ3) is 10.5. The molecule has 0 aliphatic heterocycles. The number of nitrogens with zero attached hydrogens (tertiary/aromatic N) is 2. The highest BCUT2D eigenvalue weighted by Crippen LogP contribution is 2.45. The molecule has 1 aliphatic carbocycles. The normalized spacial score (nSPS) is 11.8. The first kappa shape index (κ1) is 57.6. The minimum absolute atomic E-state index is 0.924. The Balaban J connectivity index is 0.633. The van der Waals surface area contributed by atoms with Crippen molar-refractivity contribution in [3.05, 3.63) is 387 Å². The van der Waals surface area contributed by atoms with Crippen molar-refractivity contribution < 1.29 is 0 Å². The van der Waals surface area contributed by atoms with Gasteiger partial charge in [0.2, 0.25) is 0 Å². The molecule has 0 bridgehead atoms. The molecule has 19 rings (SSSR count). The summed E-state index contributed by atoms with van der Waals surface area (Å²) in [7, 11) is 0. The lowest BCUT2D eigenvalue weighted by Gasteiger charge is -2.12. The van der Waals surface area contributed by atoms with Gasteiger partial charge in [0.15, 0.2) is 0 Å². The van der Waals surface area contributed by atoms with Crippen molar-refractivity contribution in [3.8, 4) is 134 Å². The minimum Gasteiger partial charge on any atom is -0.309 e. The monoisotopic (exact) mass is 1260 g/mol. The van der Waals surface area contributed by atoms with Gasteiger partial charge < -0.3 is 9.13 Å². The van der Waals surface area contributed by atoms with E-state index in [1.807, 2.05) is 0 Å². The Morgan fingerprint density at radius 3 is 0.576 bits per heavy atom. The van der Waals surface area contributed by atoms with Crippen LogP contribution in [-0.4, -0.2) is 9.13 Å². The Hall–Kier alpha value is -12.9. The van der Waals surface area contributed by atoms with E-state index in [9.17, 15) is 0 Å². The van der Waals surface area contributed by atoms with Crippen LogP contribution < -0.4 is 0 Å². The van der Waals surface area contributed by atoms with Crippen molar-refractivity contribution in [2.45, 2.75) is 6.42 Å². The van der Waals surface area contributed by atoms with Gasteiger partial charge in [-0.15, -0.1) is 0 Å². The lowest BCUT2D eigenvalue weighted by Crippen LogP contribution is -1.94. The van der Waals surface area contributed by atoms with Gasteiger partial charge in [0, 0.05) is 32.9 Å². The second kappa shape index (κ2) is 24.1. The van der Waals surface area contributed by atoms with Crippen LogP contribution in [0.25, 0.3) is 177 Å². The van der Waals surface area contributed by atoms with Gasteiger partial charge in [-0.25, -0.2) is 0 Å². The minimum atomic E-state index is 0.924. The number of rotatable bonds is 12. The number of benzene rings is 16. The van der Waals surface area contributed by atoms with Crippen LogP contribution in [0.15, 0.2) is 376 Å². The van der Waals surface area contributed by atoms with Gasteiger partial charge in [0.1, 0.15) is 0 Å². The van der Waals surface area contributed by atoms with Gasteiger partial charge in [0.25, 0.3) is 0 Å². The number of hydrogen-bond acceptors (Lipinski definition) is 0. The zero-order chi connectivity index (χ0) is 65.3. The number of hydrogen-bond donors (Lipinski definition) is 0. The van der Waals surface area contributed by atoms with E-state index in [0.717, 1.165) is 17.8 Å². The van der Waals surface area contributed by atoms with Crippen LogP contribution in [0.2, 0.25) is 0 Å². The molecule has 18 aromatic rings. The summed E-state index contributed by atoms with van der Waals surface area (Å²) in [6, 6.07) is 139. The van der Waals surface area contributed by atoms with E-state index in [-0.39, 0.29) is 0 Å². The van der Waals surface area contributed by atoms with E-state index in [1.54, 1.807) is 0 Å². The van der Waals surface area contributed by atoms with Crippen LogP contribution in [-0.2, 0) is 6.42 Å². The van der Waals surface area contributed by atoms with Gasteiger partial charge in [-0.2, -0.15) is 0 Å². The second-order valence-corrected chi connectivity index (χ2v) is 26.4. The first-order valence-corrected chi connectivity index (χ1v) is 34.3. The summed E-state index contributed by atoms with van der Waals surface area (Å²) in [6.07, 6.45) is 0.924. The topological polar surface area (TPSA) is 9.86 Å². The van der Waals surface area contributed by atoms with Gasteiger partial charge in [-0.05, 0) is 225 Å². The van der Waals surface area contributed by atoms with Crippen molar-refractivity contribution in [2.24, 2.45) is 0 Å². The smallest absolute Gasteiger partial charge is 0.0541 e. The molecule has 2 heteroatoms. The van der Waals surface area contributed by atoms with Crippen molar-refractivity contribution in [1.82, 2.24) is 9.13 Å². The van der Waals surface area contributed by atoms with Gasteiger partial charge in [0.05, 0.1) is 22.1 Å². The summed E-state index contributed by atoms with van der Waals surface area (Å²) >= 11 is 0. The van der Waals surface area contributed by atoms with Crippen LogP contribution in [0.1, 0.15) is 11.1 Å². The Morgan fingerprint density at radius 2 is 0.333 bits per heavy atom. The van der Waals surface area contributed by atoms with Crippen molar-refractivity contribution in [3.63, 3.8) is 0 Å². The molecule has 0 unspecified atom stereocenters. The highest BCUT2D eigenvalue weighted by molar-refractivity contribution is 6.13. The van der Waals surface area contributed by atoms with Crippen molar-refractivity contribution in [2.75, 3.05) is 0 Å².